The van der Waals surface area contributed by atoms with Gasteiger partial charge in [-0.15, -0.1) is 0 Å². The van der Waals surface area contributed by atoms with Crippen molar-refractivity contribution in [3.05, 3.63) is 0 Å². The third-order valence-electron chi connectivity index (χ3n) is 7.20. The molecule has 2 bridgehead atoms. The predicted octanol–water partition coefficient (Wildman–Crippen LogP) is 4.57. The number of hydrogen-bond donors (Lipinski definition) is 0. The van der Waals surface area contributed by atoms with Gasteiger partial charge in [0.25, 0.3) is 0 Å². The highest BCUT2D eigenvalue weighted by Gasteiger charge is 2.60. The second-order valence-electron chi connectivity index (χ2n) is 8.08. The molecule has 5 unspecified atom stereocenters. The molecule has 0 aliphatic heterocycles. The number of ether oxygens (including phenoxy) is 1. The summed E-state index contributed by atoms with van der Waals surface area (Å²) < 4.78 is 6.13. The highest BCUT2D eigenvalue weighted by Crippen LogP contribution is 2.61. The van der Waals surface area contributed by atoms with Crippen LogP contribution in [0.2, 0.25) is 0 Å². The van der Waals surface area contributed by atoms with E-state index in [9.17, 15) is 4.79 Å². The third-order valence-corrected chi connectivity index (χ3v) is 7.20. The second kappa shape index (κ2) is 4.74. The zero-order valence-corrected chi connectivity index (χ0v) is 13.6. The van der Waals surface area contributed by atoms with Crippen LogP contribution in [0.15, 0.2) is 0 Å². The highest BCUT2D eigenvalue weighted by molar-refractivity contribution is 5.78. The van der Waals surface area contributed by atoms with Gasteiger partial charge in [-0.05, 0) is 75.5 Å². The summed E-state index contributed by atoms with van der Waals surface area (Å²) in [4.78, 5) is 12.9. The Labute approximate surface area is 123 Å². The van der Waals surface area contributed by atoms with Crippen molar-refractivity contribution in [2.75, 3.05) is 0 Å². The smallest absolute Gasteiger partial charge is 0.312 e. The Morgan fingerprint density at radius 2 is 1.85 bits per heavy atom. The monoisotopic (exact) mass is 278 g/mol. The number of esters is 1. The van der Waals surface area contributed by atoms with Gasteiger partial charge in [0.2, 0.25) is 0 Å². The van der Waals surface area contributed by atoms with Crippen LogP contribution >= 0.6 is 0 Å². The topological polar surface area (TPSA) is 26.3 Å². The summed E-state index contributed by atoms with van der Waals surface area (Å²) in [5, 5.41) is 0. The van der Waals surface area contributed by atoms with Crippen LogP contribution in [0.5, 0.6) is 0 Å². The molecule has 3 rings (SSSR count). The Bertz CT molecular complexity index is 394. The summed E-state index contributed by atoms with van der Waals surface area (Å²) in [6, 6.07) is 0. The minimum absolute atomic E-state index is 0.118. The molecule has 0 spiro atoms. The van der Waals surface area contributed by atoms with Gasteiger partial charge in [0.1, 0.15) is 5.60 Å². The molecule has 114 valence electrons. The van der Waals surface area contributed by atoms with Gasteiger partial charge in [0.05, 0.1) is 5.41 Å². The molecule has 0 amide bonds. The second-order valence-corrected chi connectivity index (χ2v) is 8.08. The number of fused-ring (bicyclic) bond motifs is 2. The van der Waals surface area contributed by atoms with Gasteiger partial charge < -0.3 is 4.74 Å². The van der Waals surface area contributed by atoms with E-state index in [1.165, 1.54) is 19.3 Å². The van der Waals surface area contributed by atoms with Crippen molar-refractivity contribution in [1.82, 2.24) is 0 Å². The van der Waals surface area contributed by atoms with Crippen LogP contribution in [0, 0.1) is 29.1 Å². The van der Waals surface area contributed by atoms with Gasteiger partial charge in [-0.1, -0.05) is 20.8 Å². The van der Waals surface area contributed by atoms with Crippen molar-refractivity contribution in [3.8, 4) is 0 Å². The quantitative estimate of drug-likeness (QED) is 0.707. The van der Waals surface area contributed by atoms with Crippen LogP contribution in [-0.2, 0) is 9.53 Å². The molecule has 3 aliphatic carbocycles. The molecule has 0 saturated heterocycles. The molecule has 3 fully saturated rings. The minimum atomic E-state index is -0.207. The van der Waals surface area contributed by atoms with E-state index in [-0.39, 0.29) is 17.0 Å². The van der Waals surface area contributed by atoms with Crippen molar-refractivity contribution in [2.24, 2.45) is 29.1 Å². The Kier molecular flexibility index (Phi) is 3.42. The van der Waals surface area contributed by atoms with Gasteiger partial charge in [0, 0.05) is 0 Å². The standard InChI is InChI=1S/C18H30O2/c1-5-18(8-6-7-9-18)20-16(19)17(4)11-14-10-15(17)13(3)12(14)2/h12-15H,5-11H2,1-4H3. The van der Waals surface area contributed by atoms with E-state index in [0.717, 1.165) is 37.5 Å². The Morgan fingerprint density at radius 3 is 2.35 bits per heavy atom. The Balaban J connectivity index is 1.75. The summed E-state index contributed by atoms with van der Waals surface area (Å²) in [5.41, 5.74) is -0.335. The third kappa shape index (κ3) is 1.94. The SMILES string of the molecule is CCC1(OC(=O)C2(C)CC3CC2C(C)C3C)CCCC1. The first-order valence-corrected chi connectivity index (χ1v) is 8.65. The van der Waals surface area contributed by atoms with Crippen molar-refractivity contribution in [1.29, 1.82) is 0 Å². The van der Waals surface area contributed by atoms with Gasteiger partial charge in [-0.3, -0.25) is 4.79 Å². The van der Waals surface area contributed by atoms with Gasteiger partial charge >= 0.3 is 5.97 Å². The fourth-order valence-corrected chi connectivity index (χ4v) is 5.45. The molecular formula is C18H30O2. The van der Waals surface area contributed by atoms with E-state index in [2.05, 4.69) is 27.7 Å². The maximum atomic E-state index is 12.9. The molecule has 3 saturated carbocycles. The zero-order valence-electron chi connectivity index (χ0n) is 13.6. The number of carbonyl (C=O) groups excluding carboxylic acids is 1. The van der Waals surface area contributed by atoms with Crippen molar-refractivity contribution < 1.29 is 9.53 Å². The van der Waals surface area contributed by atoms with E-state index in [0.29, 0.717) is 11.8 Å². The van der Waals surface area contributed by atoms with E-state index < -0.39 is 0 Å². The fourth-order valence-electron chi connectivity index (χ4n) is 5.45. The van der Waals surface area contributed by atoms with Crippen LogP contribution in [0.25, 0.3) is 0 Å². The van der Waals surface area contributed by atoms with E-state index >= 15 is 0 Å². The van der Waals surface area contributed by atoms with Crippen molar-refractivity contribution >= 4 is 5.97 Å². The van der Waals surface area contributed by atoms with E-state index in [4.69, 9.17) is 4.74 Å². The molecule has 3 aliphatic rings. The lowest BCUT2D eigenvalue weighted by molar-refractivity contribution is -0.176. The molecule has 0 heterocycles. The van der Waals surface area contributed by atoms with Crippen LogP contribution in [0.4, 0.5) is 0 Å². The van der Waals surface area contributed by atoms with Crippen LogP contribution < -0.4 is 0 Å². The van der Waals surface area contributed by atoms with Gasteiger partial charge in [-0.2, -0.15) is 0 Å². The summed E-state index contributed by atoms with van der Waals surface area (Å²) in [6.45, 7) is 9.06. The molecule has 0 aromatic carbocycles. The van der Waals surface area contributed by atoms with Crippen molar-refractivity contribution in [2.45, 2.75) is 78.2 Å². The maximum Gasteiger partial charge on any atom is 0.312 e. The predicted molar refractivity (Wildman–Crippen MR) is 80.2 cm³/mol. The Hall–Kier alpha value is -0.530. The molecular weight excluding hydrogens is 248 g/mol. The molecule has 0 radical (unpaired) electrons. The molecule has 0 aromatic heterocycles. The van der Waals surface area contributed by atoms with E-state index in [1.807, 2.05) is 0 Å². The molecule has 20 heavy (non-hydrogen) atoms. The maximum absolute atomic E-state index is 12.9. The van der Waals surface area contributed by atoms with E-state index in [1.54, 1.807) is 0 Å². The number of carbonyl (C=O) groups is 1. The average Bonchev–Trinajstić information content (AvgIpc) is 3.08. The van der Waals surface area contributed by atoms with Crippen LogP contribution in [-0.4, -0.2) is 11.6 Å². The molecule has 5 atom stereocenters. The summed E-state index contributed by atoms with van der Waals surface area (Å²) in [6.07, 6.45) is 7.87. The molecule has 0 N–H and O–H groups in total. The number of rotatable bonds is 3. The molecule has 2 nitrogen and oxygen atoms in total. The highest BCUT2D eigenvalue weighted by atomic mass is 16.6. The molecule has 2 heteroatoms. The number of hydrogen-bond acceptors (Lipinski definition) is 2. The molecule has 0 aromatic rings. The summed E-state index contributed by atoms with van der Waals surface area (Å²) in [5.74, 6) is 2.87. The first-order valence-electron chi connectivity index (χ1n) is 8.65. The van der Waals surface area contributed by atoms with Crippen molar-refractivity contribution in [3.63, 3.8) is 0 Å². The van der Waals surface area contributed by atoms with Crippen LogP contribution in [0.3, 0.4) is 0 Å². The zero-order chi connectivity index (χ0) is 14.5. The summed E-state index contributed by atoms with van der Waals surface area (Å²) in [7, 11) is 0. The largest absolute Gasteiger partial charge is 0.459 e. The first kappa shape index (κ1) is 14.4. The van der Waals surface area contributed by atoms with Crippen LogP contribution in [0.1, 0.15) is 72.6 Å². The normalized spacial score (nSPS) is 45.8. The Morgan fingerprint density at radius 1 is 1.20 bits per heavy atom. The minimum Gasteiger partial charge on any atom is -0.459 e. The summed E-state index contributed by atoms with van der Waals surface area (Å²) >= 11 is 0. The lowest BCUT2D eigenvalue weighted by Crippen LogP contribution is -2.44. The lowest BCUT2D eigenvalue weighted by Gasteiger charge is -2.41. The lowest BCUT2D eigenvalue weighted by atomic mass is 9.66. The first-order chi connectivity index (χ1) is 9.42. The average molecular weight is 278 g/mol. The van der Waals surface area contributed by atoms with Gasteiger partial charge in [0.15, 0.2) is 0 Å². The fraction of sp³-hybridized carbons (Fsp3) is 0.944. The van der Waals surface area contributed by atoms with Gasteiger partial charge in [-0.25, -0.2) is 0 Å².